The Hall–Kier alpha value is -1.75. The molecule has 0 spiro atoms. The molecule has 1 aromatic carbocycles. The van der Waals surface area contributed by atoms with Gasteiger partial charge in [-0.15, -0.1) is 0 Å². The van der Waals surface area contributed by atoms with Crippen molar-refractivity contribution in [3.8, 4) is 11.5 Å². The molecule has 0 saturated carbocycles. The number of hydrogen-bond donors (Lipinski definition) is 1. The molecule has 0 unspecified atom stereocenters. The lowest BCUT2D eigenvalue weighted by atomic mass is 9.90. The van der Waals surface area contributed by atoms with E-state index in [-0.39, 0.29) is 24.1 Å². The van der Waals surface area contributed by atoms with Crippen LogP contribution in [0.1, 0.15) is 55.4 Å². The minimum atomic E-state index is -0.596. The SMILES string of the molecule is COc1c(C)c(CC[C@@H]2C[C@@H](O)CC(=O)O2)c2c(c1C)CC(C)(C)O2. The van der Waals surface area contributed by atoms with Gasteiger partial charge in [0.05, 0.1) is 19.6 Å². The van der Waals surface area contributed by atoms with E-state index in [0.717, 1.165) is 41.0 Å². The second-order valence-corrected chi connectivity index (χ2v) is 7.85. The minimum absolute atomic E-state index is 0.0978. The molecule has 0 bridgehead atoms. The van der Waals surface area contributed by atoms with E-state index in [1.54, 1.807) is 7.11 Å². The van der Waals surface area contributed by atoms with Crippen molar-refractivity contribution in [1.29, 1.82) is 0 Å². The van der Waals surface area contributed by atoms with Crippen molar-refractivity contribution in [2.75, 3.05) is 7.11 Å². The molecule has 2 heterocycles. The highest BCUT2D eigenvalue weighted by Crippen LogP contribution is 2.46. The van der Waals surface area contributed by atoms with Crippen LogP contribution in [-0.4, -0.2) is 36.0 Å². The topological polar surface area (TPSA) is 65.0 Å². The van der Waals surface area contributed by atoms with Gasteiger partial charge in [0, 0.05) is 24.0 Å². The van der Waals surface area contributed by atoms with Crippen LogP contribution in [0, 0.1) is 13.8 Å². The highest BCUT2D eigenvalue weighted by atomic mass is 16.5. The van der Waals surface area contributed by atoms with Crippen LogP contribution < -0.4 is 9.47 Å². The van der Waals surface area contributed by atoms with Crippen LogP contribution in [0.15, 0.2) is 0 Å². The number of fused-ring (bicyclic) bond motifs is 1. The van der Waals surface area contributed by atoms with Gasteiger partial charge >= 0.3 is 5.97 Å². The molecule has 1 aromatic rings. The highest BCUT2D eigenvalue weighted by molar-refractivity contribution is 5.71. The Kier molecular flexibility index (Phi) is 4.71. The molecule has 1 saturated heterocycles. The summed E-state index contributed by atoms with van der Waals surface area (Å²) in [4.78, 5) is 11.6. The number of carbonyl (C=O) groups is 1. The predicted molar refractivity (Wildman–Crippen MR) is 94.3 cm³/mol. The monoisotopic (exact) mass is 348 g/mol. The number of methoxy groups -OCH3 is 1. The van der Waals surface area contributed by atoms with Gasteiger partial charge in [0.25, 0.3) is 0 Å². The molecule has 5 nitrogen and oxygen atoms in total. The van der Waals surface area contributed by atoms with Crippen molar-refractivity contribution in [2.45, 2.75) is 77.6 Å². The molecule has 1 N–H and O–H groups in total. The number of hydrogen-bond acceptors (Lipinski definition) is 5. The fourth-order valence-electron chi connectivity index (χ4n) is 4.10. The van der Waals surface area contributed by atoms with Gasteiger partial charge in [0.15, 0.2) is 0 Å². The van der Waals surface area contributed by atoms with Crippen LogP contribution >= 0.6 is 0 Å². The molecule has 0 radical (unpaired) electrons. The fourth-order valence-corrected chi connectivity index (χ4v) is 4.10. The van der Waals surface area contributed by atoms with Gasteiger partial charge in [-0.3, -0.25) is 4.79 Å². The number of cyclic esters (lactones) is 1. The third kappa shape index (κ3) is 3.47. The summed E-state index contributed by atoms with van der Waals surface area (Å²) in [6.07, 6.45) is 2.02. The largest absolute Gasteiger partial charge is 0.496 e. The van der Waals surface area contributed by atoms with Crippen molar-refractivity contribution in [2.24, 2.45) is 0 Å². The molecule has 0 aliphatic carbocycles. The zero-order valence-corrected chi connectivity index (χ0v) is 15.8. The Morgan fingerprint density at radius 2 is 2.00 bits per heavy atom. The van der Waals surface area contributed by atoms with Crippen LogP contribution in [0.5, 0.6) is 11.5 Å². The third-order valence-electron chi connectivity index (χ3n) is 5.27. The van der Waals surface area contributed by atoms with E-state index in [1.807, 2.05) is 0 Å². The van der Waals surface area contributed by atoms with Crippen molar-refractivity contribution in [3.63, 3.8) is 0 Å². The summed E-state index contributed by atoms with van der Waals surface area (Å²) in [5.74, 6) is 1.56. The smallest absolute Gasteiger partial charge is 0.308 e. The molecule has 5 heteroatoms. The van der Waals surface area contributed by atoms with Gasteiger partial charge in [-0.25, -0.2) is 0 Å². The van der Waals surface area contributed by atoms with Crippen LogP contribution in [-0.2, 0) is 22.4 Å². The Bertz CT molecular complexity index is 692. The lowest BCUT2D eigenvalue weighted by Crippen LogP contribution is -2.32. The average Bonchev–Trinajstić information content (AvgIpc) is 2.82. The Morgan fingerprint density at radius 3 is 2.64 bits per heavy atom. The molecule has 0 aromatic heterocycles. The van der Waals surface area contributed by atoms with Gasteiger partial charge in [0.1, 0.15) is 23.2 Å². The van der Waals surface area contributed by atoms with E-state index in [9.17, 15) is 9.90 Å². The standard InChI is InChI=1S/C20H28O5/c1-11-15(7-6-14-8-13(21)9-17(22)24-14)19-16(10-20(3,4)25-19)12(2)18(11)23-5/h13-14,21H,6-10H2,1-5H3/t13-,14-/m1/s1. The summed E-state index contributed by atoms with van der Waals surface area (Å²) in [6, 6.07) is 0. The maximum atomic E-state index is 11.6. The molecule has 138 valence electrons. The summed E-state index contributed by atoms with van der Waals surface area (Å²) in [5, 5.41) is 9.80. The van der Waals surface area contributed by atoms with Crippen molar-refractivity contribution >= 4 is 5.97 Å². The summed E-state index contributed by atoms with van der Waals surface area (Å²) >= 11 is 0. The van der Waals surface area contributed by atoms with Crippen LogP contribution in [0.4, 0.5) is 0 Å². The van der Waals surface area contributed by atoms with Gasteiger partial charge in [-0.05, 0) is 51.7 Å². The maximum absolute atomic E-state index is 11.6. The number of benzene rings is 1. The first-order valence-corrected chi connectivity index (χ1v) is 8.97. The van der Waals surface area contributed by atoms with Crippen LogP contribution in [0.3, 0.4) is 0 Å². The number of ether oxygens (including phenoxy) is 3. The number of rotatable bonds is 4. The van der Waals surface area contributed by atoms with E-state index in [0.29, 0.717) is 12.8 Å². The first kappa shape index (κ1) is 18.1. The number of carbonyl (C=O) groups excluding carboxylic acids is 1. The summed E-state index contributed by atoms with van der Waals surface area (Å²) < 4.78 is 17.3. The van der Waals surface area contributed by atoms with Gasteiger partial charge in [-0.1, -0.05) is 0 Å². The summed E-state index contributed by atoms with van der Waals surface area (Å²) in [6.45, 7) is 8.32. The molecule has 2 aliphatic heterocycles. The molecule has 3 rings (SSSR count). The van der Waals surface area contributed by atoms with Gasteiger partial charge in [-0.2, -0.15) is 0 Å². The zero-order valence-electron chi connectivity index (χ0n) is 15.8. The van der Waals surface area contributed by atoms with E-state index in [2.05, 4.69) is 27.7 Å². The van der Waals surface area contributed by atoms with Crippen molar-refractivity contribution in [3.05, 3.63) is 22.3 Å². The Labute approximate surface area is 149 Å². The Balaban J connectivity index is 1.89. The molecule has 1 fully saturated rings. The number of aliphatic hydroxyl groups is 1. The normalized spacial score (nSPS) is 24.5. The number of esters is 1. The number of aliphatic hydroxyl groups excluding tert-OH is 1. The van der Waals surface area contributed by atoms with Crippen LogP contribution in [0.2, 0.25) is 0 Å². The van der Waals surface area contributed by atoms with E-state index in [4.69, 9.17) is 14.2 Å². The lowest BCUT2D eigenvalue weighted by Gasteiger charge is -2.27. The lowest BCUT2D eigenvalue weighted by molar-refractivity contribution is -0.160. The summed E-state index contributed by atoms with van der Waals surface area (Å²) in [5.41, 5.74) is 4.33. The highest BCUT2D eigenvalue weighted by Gasteiger charge is 2.36. The quantitative estimate of drug-likeness (QED) is 0.848. The zero-order chi connectivity index (χ0) is 18.4. The molecule has 2 atom stereocenters. The first-order chi connectivity index (χ1) is 11.7. The summed E-state index contributed by atoms with van der Waals surface area (Å²) in [7, 11) is 1.70. The predicted octanol–water partition coefficient (Wildman–Crippen LogP) is 3.02. The van der Waals surface area contributed by atoms with Gasteiger partial charge < -0.3 is 19.3 Å². The average molecular weight is 348 g/mol. The molecular weight excluding hydrogens is 320 g/mol. The second kappa shape index (κ2) is 6.52. The van der Waals surface area contributed by atoms with E-state index < -0.39 is 6.10 Å². The minimum Gasteiger partial charge on any atom is -0.496 e. The molecule has 2 aliphatic rings. The molecule has 25 heavy (non-hydrogen) atoms. The Morgan fingerprint density at radius 1 is 1.28 bits per heavy atom. The van der Waals surface area contributed by atoms with Crippen molar-refractivity contribution < 1.29 is 24.1 Å². The maximum Gasteiger partial charge on any atom is 0.308 e. The van der Waals surface area contributed by atoms with E-state index >= 15 is 0 Å². The van der Waals surface area contributed by atoms with E-state index in [1.165, 1.54) is 5.56 Å². The molecule has 0 amide bonds. The molecular formula is C20H28O5. The second-order valence-electron chi connectivity index (χ2n) is 7.85. The van der Waals surface area contributed by atoms with Gasteiger partial charge in [0.2, 0.25) is 0 Å². The fraction of sp³-hybridized carbons (Fsp3) is 0.650. The van der Waals surface area contributed by atoms with Crippen LogP contribution in [0.25, 0.3) is 0 Å². The first-order valence-electron chi connectivity index (χ1n) is 8.97. The van der Waals surface area contributed by atoms with Crippen molar-refractivity contribution in [1.82, 2.24) is 0 Å². The third-order valence-corrected chi connectivity index (χ3v) is 5.27.